The molecule has 0 unspecified atom stereocenters. The minimum atomic E-state index is -0.507. The van der Waals surface area contributed by atoms with Crippen LogP contribution in [0.5, 0.6) is 5.75 Å². The third-order valence-corrected chi connectivity index (χ3v) is 4.02. The molecule has 0 aliphatic rings. The van der Waals surface area contributed by atoms with Gasteiger partial charge in [0.15, 0.2) is 11.5 Å². The molecular formula is C17H16ClN5O2. The molecule has 3 aromatic rings. The predicted octanol–water partition coefficient (Wildman–Crippen LogP) is 3.07. The zero-order valence-electron chi connectivity index (χ0n) is 13.7. The molecule has 0 saturated carbocycles. The predicted molar refractivity (Wildman–Crippen MR) is 96.5 cm³/mol. The van der Waals surface area contributed by atoms with E-state index in [1.165, 1.54) is 11.8 Å². The summed E-state index contributed by atoms with van der Waals surface area (Å²) in [5.41, 5.74) is 8.20. The van der Waals surface area contributed by atoms with E-state index in [0.29, 0.717) is 16.5 Å². The van der Waals surface area contributed by atoms with Gasteiger partial charge in [-0.05, 0) is 30.7 Å². The molecule has 0 bridgehead atoms. The zero-order chi connectivity index (χ0) is 18.0. The second kappa shape index (κ2) is 6.82. The SMILES string of the molecule is COc1ccc(Cl)c(NC(=O)c2nnn(-c3ccccc3C)c2N)c1. The molecule has 8 heteroatoms. The van der Waals surface area contributed by atoms with Crippen LogP contribution in [0.2, 0.25) is 5.02 Å². The third kappa shape index (κ3) is 3.27. The quantitative estimate of drug-likeness (QED) is 0.748. The summed E-state index contributed by atoms with van der Waals surface area (Å²) in [6.07, 6.45) is 0. The number of amides is 1. The Morgan fingerprint density at radius 2 is 2.04 bits per heavy atom. The highest BCUT2D eigenvalue weighted by Gasteiger charge is 2.20. The summed E-state index contributed by atoms with van der Waals surface area (Å²) in [6.45, 7) is 1.92. The van der Waals surface area contributed by atoms with E-state index in [1.807, 2.05) is 31.2 Å². The van der Waals surface area contributed by atoms with Gasteiger partial charge in [0.05, 0.1) is 23.5 Å². The lowest BCUT2D eigenvalue weighted by molar-refractivity contribution is 0.102. The number of ether oxygens (including phenoxy) is 1. The lowest BCUT2D eigenvalue weighted by Crippen LogP contribution is -2.15. The van der Waals surface area contributed by atoms with Crippen molar-refractivity contribution >= 4 is 29.0 Å². The van der Waals surface area contributed by atoms with Crippen LogP contribution >= 0.6 is 11.6 Å². The average molecular weight is 358 g/mol. The molecule has 7 nitrogen and oxygen atoms in total. The van der Waals surface area contributed by atoms with Crippen molar-refractivity contribution in [3.8, 4) is 11.4 Å². The maximum atomic E-state index is 12.5. The van der Waals surface area contributed by atoms with Crippen molar-refractivity contribution in [3.63, 3.8) is 0 Å². The van der Waals surface area contributed by atoms with Crippen LogP contribution in [-0.4, -0.2) is 28.0 Å². The van der Waals surface area contributed by atoms with E-state index in [0.717, 1.165) is 11.3 Å². The largest absolute Gasteiger partial charge is 0.497 e. The van der Waals surface area contributed by atoms with E-state index >= 15 is 0 Å². The summed E-state index contributed by atoms with van der Waals surface area (Å²) in [5, 5.41) is 10.9. The molecular weight excluding hydrogens is 342 g/mol. The Balaban J connectivity index is 1.91. The molecule has 1 aromatic heterocycles. The van der Waals surface area contributed by atoms with Crippen molar-refractivity contribution in [2.45, 2.75) is 6.92 Å². The van der Waals surface area contributed by atoms with Crippen molar-refractivity contribution in [1.29, 1.82) is 0 Å². The number of benzene rings is 2. The van der Waals surface area contributed by atoms with Crippen molar-refractivity contribution in [2.24, 2.45) is 0 Å². The number of carbonyl (C=O) groups excluding carboxylic acids is 1. The number of methoxy groups -OCH3 is 1. The Bertz CT molecular complexity index is 939. The topological polar surface area (TPSA) is 95.1 Å². The second-order valence-electron chi connectivity index (χ2n) is 5.32. The minimum absolute atomic E-state index is 0.0159. The molecule has 0 spiro atoms. The van der Waals surface area contributed by atoms with Gasteiger partial charge in [0.25, 0.3) is 5.91 Å². The first-order valence-electron chi connectivity index (χ1n) is 7.43. The minimum Gasteiger partial charge on any atom is -0.497 e. The van der Waals surface area contributed by atoms with Crippen molar-refractivity contribution in [2.75, 3.05) is 18.2 Å². The highest BCUT2D eigenvalue weighted by molar-refractivity contribution is 6.34. The van der Waals surface area contributed by atoms with Gasteiger partial charge in [-0.1, -0.05) is 35.0 Å². The molecule has 3 N–H and O–H groups in total. The van der Waals surface area contributed by atoms with E-state index in [1.54, 1.807) is 18.2 Å². The van der Waals surface area contributed by atoms with E-state index < -0.39 is 5.91 Å². The van der Waals surface area contributed by atoms with Crippen LogP contribution in [0.4, 0.5) is 11.5 Å². The van der Waals surface area contributed by atoms with E-state index in [2.05, 4.69) is 15.6 Å². The number of nitrogens with two attached hydrogens (primary N) is 1. The Labute approximate surface area is 149 Å². The van der Waals surface area contributed by atoms with Gasteiger partial charge in [-0.25, -0.2) is 0 Å². The number of anilines is 2. The van der Waals surface area contributed by atoms with Gasteiger partial charge in [-0.3, -0.25) is 4.79 Å². The summed E-state index contributed by atoms with van der Waals surface area (Å²) < 4.78 is 6.56. The van der Waals surface area contributed by atoms with Crippen LogP contribution in [0.3, 0.4) is 0 Å². The number of aromatic nitrogens is 3. The first-order chi connectivity index (χ1) is 12.0. The zero-order valence-corrected chi connectivity index (χ0v) is 14.4. The summed E-state index contributed by atoms with van der Waals surface area (Å²) in [5.74, 6) is 0.203. The molecule has 128 valence electrons. The van der Waals surface area contributed by atoms with E-state index in [9.17, 15) is 4.79 Å². The molecule has 0 saturated heterocycles. The van der Waals surface area contributed by atoms with Gasteiger partial charge in [-0.2, -0.15) is 4.68 Å². The first kappa shape index (κ1) is 16.8. The fourth-order valence-electron chi connectivity index (χ4n) is 2.34. The van der Waals surface area contributed by atoms with Crippen molar-refractivity contribution < 1.29 is 9.53 Å². The Hall–Kier alpha value is -3.06. The summed E-state index contributed by atoms with van der Waals surface area (Å²) in [6, 6.07) is 12.5. The van der Waals surface area contributed by atoms with Gasteiger partial charge >= 0.3 is 0 Å². The fraction of sp³-hybridized carbons (Fsp3) is 0.118. The monoisotopic (exact) mass is 357 g/mol. The standard InChI is InChI=1S/C17H16ClN5O2/c1-10-5-3-4-6-14(10)23-16(19)15(21-22-23)17(24)20-13-9-11(25-2)7-8-12(13)18/h3-9H,19H2,1-2H3,(H,20,24). The first-order valence-corrected chi connectivity index (χ1v) is 7.81. The maximum Gasteiger partial charge on any atom is 0.280 e. The fourth-order valence-corrected chi connectivity index (χ4v) is 2.50. The van der Waals surface area contributed by atoms with Crippen LogP contribution in [0.15, 0.2) is 42.5 Å². The van der Waals surface area contributed by atoms with Gasteiger partial charge in [0.2, 0.25) is 0 Å². The normalized spacial score (nSPS) is 10.5. The number of para-hydroxylation sites is 1. The molecule has 1 amide bonds. The van der Waals surface area contributed by atoms with Gasteiger partial charge in [0, 0.05) is 6.07 Å². The summed E-state index contributed by atoms with van der Waals surface area (Å²) >= 11 is 6.10. The summed E-state index contributed by atoms with van der Waals surface area (Å²) in [4.78, 5) is 12.5. The van der Waals surface area contributed by atoms with Crippen LogP contribution < -0.4 is 15.8 Å². The van der Waals surface area contributed by atoms with Gasteiger partial charge in [-0.15, -0.1) is 5.10 Å². The molecule has 1 heterocycles. The van der Waals surface area contributed by atoms with Crippen LogP contribution in [-0.2, 0) is 0 Å². The lowest BCUT2D eigenvalue weighted by atomic mass is 10.2. The lowest BCUT2D eigenvalue weighted by Gasteiger charge is -2.09. The van der Waals surface area contributed by atoms with E-state index in [4.69, 9.17) is 22.1 Å². The van der Waals surface area contributed by atoms with Crippen molar-refractivity contribution in [3.05, 3.63) is 58.7 Å². The molecule has 3 rings (SSSR count). The van der Waals surface area contributed by atoms with Gasteiger partial charge in [0.1, 0.15) is 5.75 Å². The summed E-state index contributed by atoms with van der Waals surface area (Å²) in [7, 11) is 1.53. The Kier molecular flexibility index (Phi) is 4.58. The molecule has 0 atom stereocenters. The number of hydrogen-bond donors (Lipinski definition) is 2. The number of rotatable bonds is 4. The van der Waals surface area contributed by atoms with Gasteiger partial charge < -0.3 is 15.8 Å². The number of hydrogen-bond acceptors (Lipinski definition) is 5. The molecule has 0 fully saturated rings. The Morgan fingerprint density at radius 1 is 1.28 bits per heavy atom. The molecule has 25 heavy (non-hydrogen) atoms. The van der Waals surface area contributed by atoms with Crippen molar-refractivity contribution in [1.82, 2.24) is 15.0 Å². The number of nitrogens with one attached hydrogen (secondary N) is 1. The molecule has 0 radical (unpaired) electrons. The van der Waals surface area contributed by atoms with Crippen LogP contribution in [0.25, 0.3) is 5.69 Å². The number of halogens is 1. The smallest absolute Gasteiger partial charge is 0.280 e. The number of nitrogen functional groups attached to an aromatic ring is 1. The number of nitrogens with zero attached hydrogens (tertiary/aromatic N) is 3. The Morgan fingerprint density at radius 3 is 2.76 bits per heavy atom. The highest BCUT2D eigenvalue weighted by atomic mass is 35.5. The average Bonchev–Trinajstić information content (AvgIpc) is 2.98. The van der Waals surface area contributed by atoms with Crippen LogP contribution in [0, 0.1) is 6.92 Å². The highest BCUT2D eigenvalue weighted by Crippen LogP contribution is 2.27. The molecule has 2 aromatic carbocycles. The second-order valence-corrected chi connectivity index (χ2v) is 5.73. The number of carbonyl (C=O) groups is 1. The molecule has 0 aliphatic heterocycles. The third-order valence-electron chi connectivity index (χ3n) is 3.69. The van der Waals surface area contributed by atoms with E-state index in [-0.39, 0.29) is 11.5 Å². The molecule has 0 aliphatic carbocycles. The van der Waals surface area contributed by atoms with Crippen LogP contribution in [0.1, 0.15) is 16.1 Å². The number of aryl methyl sites for hydroxylation is 1. The maximum absolute atomic E-state index is 12.5.